The van der Waals surface area contributed by atoms with Crippen LogP contribution in [0.15, 0.2) is 49.1 Å². The molecule has 0 unspecified atom stereocenters. The molecule has 150 valence electrons. The number of carbonyl (C=O) groups excluding carboxylic acids is 1. The minimum Gasteiger partial charge on any atom is -0.457 e. The van der Waals surface area contributed by atoms with Gasteiger partial charge in [0, 0.05) is 28.2 Å². The molecule has 0 atom stereocenters. The van der Waals surface area contributed by atoms with E-state index in [-0.39, 0.29) is 11.6 Å². The van der Waals surface area contributed by atoms with E-state index in [2.05, 4.69) is 26.2 Å². The van der Waals surface area contributed by atoms with Gasteiger partial charge in [-0.15, -0.1) is 0 Å². The molecule has 1 aliphatic heterocycles. The monoisotopic (exact) mass is 475 g/mol. The first-order chi connectivity index (χ1) is 14.0. The minimum atomic E-state index is -0.449. The molecule has 1 aliphatic carbocycles. The van der Waals surface area contributed by atoms with Crippen LogP contribution in [0.1, 0.15) is 37.9 Å². The summed E-state index contributed by atoms with van der Waals surface area (Å²) in [6.45, 7) is 0. The number of nitro benzene ring substituents is 1. The van der Waals surface area contributed by atoms with Gasteiger partial charge in [0.15, 0.2) is 5.17 Å². The van der Waals surface area contributed by atoms with E-state index in [1.807, 2.05) is 0 Å². The molecule has 1 saturated carbocycles. The van der Waals surface area contributed by atoms with E-state index in [4.69, 9.17) is 4.42 Å². The van der Waals surface area contributed by atoms with Crippen LogP contribution in [0.3, 0.4) is 0 Å². The largest absolute Gasteiger partial charge is 0.457 e. The van der Waals surface area contributed by atoms with E-state index in [1.54, 1.807) is 24.3 Å². The predicted octanol–water partition coefficient (Wildman–Crippen LogP) is 5.51. The van der Waals surface area contributed by atoms with Crippen molar-refractivity contribution in [2.24, 2.45) is 4.99 Å². The first-order valence-corrected chi connectivity index (χ1v) is 10.9. The fourth-order valence-corrected chi connectivity index (χ4v) is 4.82. The van der Waals surface area contributed by atoms with Gasteiger partial charge in [-0.25, -0.2) is 0 Å². The number of nitro groups is 1. The second-order valence-corrected chi connectivity index (χ2v) is 8.80. The van der Waals surface area contributed by atoms with Crippen LogP contribution in [0.5, 0.6) is 0 Å². The summed E-state index contributed by atoms with van der Waals surface area (Å²) in [6, 6.07) is 8.32. The van der Waals surface area contributed by atoms with E-state index < -0.39 is 4.92 Å². The number of amidine groups is 1. The van der Waals surface area contributed by atoms with Crippen LogP contribution in [-0.2, 0) is 4.79 Å². The number of hydrogen-bond donors (Lipinski definition) is 1. The smallest absolute Gasteiger partial charge is 0.270 e. The summed E-state index contributed by atoms with van der Waals surface area (Å²) in [5, 5.41) is 14.4. The normalized spacial score (nSPS) is 20.4. The number of furan rings is 1. The maximum absolute atomic E-state index is 12.3. The molecule has 4 rings (SSSR count). The summed E-state index contributed by atoms with van der Waals surface area (Å²) >= 11 is 4.68. The lowest BCUT2D eigenvalue weighted by Crippen LogP contribution is -2.22. The molecule has 1 aromatic heterocycles. The van der Waals surface area contributed by atoms with Crippen molar-refractivity contribution in [1.29, 1.82) is 0 Å². The Kier molecular flexibility index (Phi) is 5.86. The Morgan fingerprint density at radius 2 is 2.03 bits per heavy atom. The third-order valence-corrected chi connectivity index (χ3v) is 6.43. The lowest BCUT2D eigenvalue weighted by atomic mass is 9.96. The van der Waals surface area contributed by atoms with Gasteiger partial charge in [-0.05, 0) is 58.7 Å². The van der Waals surface area contributed by atoms with Crippen molar-refractivity contribution >= 4 is 50.5 Å². The zero-order chi connectivity index (χ0) is 20.4. The van der Waals surface area contributed by atoms with E-state index in [0.29, 0.717) is 37.7 Å². The Labute approximate surface area is 179 Å². The van der Waals surface area contributed by atoms with E-state index >= 15 is 0 Å². The van der Waals surface area contributed by atoms with Crippen molar-refractivity contribution in [2.45, 2.75) is 38.1 Å². The molecule has 0 spiro atoms. The Morgan fingerprint density at radius 1 is 1.24 bits per heavy atom. The van der Waals surface area contributed by atoms with Gasteiger partial charge >= 0.3 is 0 Å². The summed E-state index contributed by atoms with van der Waals surface area (Å²) in [6.07, 6.45) is 7.48. The van der Waals surface area contributed by atoms with Crippen molar-refractivity contribution in [3.05, 3.63) is 55.6 Å². The zero-order valence-electron chi connectivity index (χ0n) is 15.4. The molecule has 1 amide bonds. The molecule has 2 aromatic rings. The Morgan fingerprint density at radius 3 is 2.76 bits per heavy atom. The summed E-state index contributed by atoms with van der Waals surface area (Å²) < 4.78 is 6.40. The summed E-state index contributed by atoms with van der Waals surface area (Å²) in [5.74, 6) is 0.902. The third-order valence-electron chi connectivity index (χ3n) is 4.85. The number of hydrogen-bond acceptors (Lipinski definition) is 6. The van der Waals surface area contributed by atoms with Gasteiger partial charge in [-0.3, -0.25) is 19.9 Å². The topological polar surface area (TPSA) is 97.7 Å². The Balaban J connectivity index is 1.51. The van der Waals surface area contributed by atoms with Crippen molar-refractivity contribution in [3.8, 4) is 11.3 Å². The highest BCUT2D eigenvalue weighted by Crippen LogP contribution is 2.34. The van der Waals surface area contributed by atoms with Crippen LogP contribution in [0.4, 0.5) is 5.69 Å². The minimum absolute atomic E-state index is 0.00154. The molecule has 29 heavy (non-hydrogen) atoms. The quantitative estimate of drug-likeness (QED) is 0.357. The number of rotatable bonds is 4. The highest BCUT2D eigenvalue weighted by atomic mass is 79.9. The van der Waals surface area contributed by atoms with Gasteiger partial charge in [-0.2, -0.15) is 0 Å². The highest BCUT2D eigenvalue weighted by Gasteiger charge is 2.26. The predicted molar refractivity (Wildman–Crippen MR) is 117 cm³/mol. The van der Waals surface area contributed by atoms with Crippen LogP contribution < -0.4 is 5.32 Å². The molecule has 9 heteroatoms. The molecule has 1 aromatic carbocycles. The average Bonchev–Trinajstić information content (AvgIpc) is 3.29. The molecular weight excluding hydrogens is 458 g/mol. The number of aliphatic imine (C=N–C) groups is 1. The number of non-ortho nitro benzene ring substituents is 1. The number of nitrogens with zero attached hydrogens (tertiary/aromatic N) is 2. The number of benzene rings is 1. The van der Waals surface area contributed by atoms with E-state index in [9.17, 15) is 14.9 Å². The third kappa shape index (κ3) is 4.62. The molecule has 2 heterocycles. The lowest BCUT2D eigenvalue weighted by molar-refractivity contribution is -0.384. The molecule has 1 saturated heterocycles. The van der Waals surface area contributed by atoms with Gasteiger partial charge in [0.05, 0.1) is 15.9 Å². The molecule has 1 N–H and O–H groups in total. The van der Waals surface area contributed by atoms with Crippen molar-refractivity contribution in [1.82, 2.24) is 5.32 Å². The van der Waals surface area contributed by atoms with Gasteiger partial charge in [0.2, 0.25) is 0 Å². The second kappa shape index (κ2) is 8.54. The number of carbonyl (C=O) groups is 1. The highest BCUT2D eigenvalue weighted by molar-refractivity contribution is 9.10. The van der Waals surface area contributed by atoms with Crippen LogP contribution in [-0.4, -0.2) is 22.0 Å². The van der Waals surface area contributed by atoms with Gasteiger partial charge in [0.1, 0.15) is 11.5 Å². The average molecular weight is 476 g/mol. The number of amides is 1. The molecule has 2 aliphatic rings. The molecule has 0 radical (unpaired) electrons. The molecule has 0 bridgehead atoms. The number of halogens is 1. The van der Waals surface area contributed by atoms with Crippen molar-refractivity contribution in [3.63, 3.8) is 0 Å². The maximum atomic E-state index is 12.3. The van der Waals surface area contributed by atoms with Crippen molar-refractivity contribution < 1.29 is 14.1 Å². The van der Waals surface area contributed by atoms with Crippen LogP contribution >= 0.6 is 27.7 Å². The first-order valence-electron chi connectivity index (χ1n) is 9.32. The first kappa shape index (κ1) is 19.9. The fourth-order valence-electron chi connectivity index (χ4n) is 3.39. The second-order valence-electron chi connectivity index (χ2n) is 6.91. The van der Waals surface area contributed by atoms with E-state index in [1.165, 1.54) is 43.2 Å². The SMILES string of the molecule is O=C1NC(=NC2CCCCC2)S/C1=C\c1ccc(-c2ccc([N+](=O)[O-])cc2Br)o1. The van der Waals surface area contributed by atoms with Gasteiger partial charge in [0.25, 0.3) is 11.6 Å². The number of thioether (sulfide) groups is 1. The summed E-state index contributed by atoms with van der Waals surface area (Å²) in [5.41, 5.74) is 0.696. The van der Waals surface area contributed by atoms with E-state index in [0.717, 1.165) is 12.8 Å². The fraction of sp³-hybridized carbons (Fsp3) is 0.300. The molecule has 2 fully saturated rings. The molecule has 7 nitrogen and oxygen atoms in total. The summed E-state index contributed by atoms with van der Waals surface area (Å²) in [7, 11) is 0. The summed E-state index contributed by atoms with van der Waals surface area (Å²) in [4.78, 5) is 27.9. The van der Waals surface area contributed by atoms with Crippen molar-refractivity contribution in [2.75, 3.05) is 0 Å². The van der Waals surface area contributed by atoms with Crippen LogP contribution in [0, 0.1) is 10.1 Å². The van der Waals surface area contributed by atoms with Crippen LogP contribution in [0.2, 0.25) is 0 Å². The van der Waals surface area contributed by atoms with Gasteiger partial charge < -0.3 is 9.73 Å². The maximum Gasteiger partial charge on any atom is 0.270 e. The lowest BCUT2D eigenvalue weighted by Gasteiger charge is -2.17. The molecular formula is C20H18BrN3O4S. The Hall–Kier alpha value is -2.39. The Bertz CT molecular complexity index is 1020. The number of nitrogens with one attached hydrogen (secondary N) is 1. The standard InChI is InChI=1S/C20H18BrN3O4S/c21-16-10-13(24(26)27)6-8-15(16)17-9-7-14(28-17)11-18-19(25)23-20(29-18)22-12-4-2-1-3-5-12/h6-12H,1-5H2,(H,22,23,25)/b18-11-. The zero-order valence-corrected chi connectivity index (χ0v) is 17.8. The van der Waals surface area contributed by atoms with Crippen LogP contribution in [0.25, 0.3) is 17.4 Å². The van der Waals surface area contributed by atoms with Gasteiger partial charge in [-0.1, -0.05) is 19.3 Å².